The van der Waals surface area contributed by atoms with E-state index in [9.17, 15) is 4.79 Å². The summed E-state index contributed by atoms with van der Waals surface area (Å²) in [6.45, 7) is 8.53. The van der Waals surface area contributed by atoms with Gasteiger partial charge in [-0.05, 0) is 25.8 Å². The molecule has 2 aromatic rings. The first-order valence-electron chi connectivity index (χ1n) is 9.09. The molecule has 1 saturated heterocycles. The van der Waals surface area contributed by atoms with Crippen molar-refractivity contribution in [2.45, 2.75) is 39.3 Å². The van der Waals surface area contributed by atoms with Crippen LogP contribution in [0, 0.1) is 13.8 Å². The van der Waals surface area contributed by atoms with Gasteiger partial charge in [0.1, 0.15) is 0 Å². The monoisotopic (exact) mass is 338 g/mol. The summed E-state index contributed by atoms with van der Waals surface area (Å²) in [4.78, 5) is 21.9. The van der Waals surface area contributed by atoms with Gasteiger partial charge < -0.3 is 9.47 Å². The second-order valence-electron chi connectivity index (χ2n) is 7.58. The lowest BCUT2D eigenvalue weighted by Gasteiger charge is -2.38. The first-order chi connectivity index (χ1) is 12.0. The lowest BCUT2D eigenvalue weighted by atomic mass is 9.94. The number of rotatable bonds is 3. The summed E-state index contributed by atoms with van der Waals surface area (Å²) in [5, 5.41) is 0. The summed E-state index contributed by atoms with van der Waals surface area (Å²) in [6, 6.07) is 6.69. The van der Waals surface area contributed by atoms with E-state index in [2.05, 4.69) is 41.9 Å². The molecule has 2 aliphatic heterocycles. The van der Waals surface area contributed by atoms with E-state index in [1.54, 1.807) is 0 Å². The third-order valence-corrected chi connectivity index (χ3v) is 5.36. The summed E-state index contributed by atoms with van der Waals surface area (Å²) in [5.74, 6) is 0.170. The van der Waals surface area contributed by atoms with E-state index < -0.39 is 0 Å². The number of carbonyl (C=O) groups is 1. The van der Waals surface area contributed by atoms with Crippen LogP contribution in [-0.2, 0) is 24.9 Å². The van der Waals surface area contributed by atoms with Gasteiger partial charge in [-0.25, -0.2) is 4.98 Å². The molecule has 132 valence electrons. The topological polar surface area (TPSA) is 41.4 Å². The van der Waals surface area contributed by atoms with Crippen LogP contribution < -0.4 is 0 Å². The molecule has 3 heterocycles. The van der Waals surface area contributed by atoms with Crippen molar-refractivity contribution in [3.05, 3.63) is 52.6 Å². The van der Waals surface area contributed by atoms with Crippen molar-refractivity contribution < 1.29 is 4.79 Å². The van der Waals surface area contributed by atoms with Crippen molar-refractivity contribution in [1.29, 1.82) is 0 Å². The molecule has 1 atom stereocenters. The van der Waals surface area contributed by atoms with Crippen molar-refractivity contribution in [3.63, 3.8) is 0 Å². The van der Waals surface area contributed by atoms with Gasteiger partial charge in [0.05, 0.1) is 23.6 Å². The van der Waals surface area contributed by atoms with E-state index in [-0.39, 0.29) is 11.8 Å². The molecule has 0 saturated carbocycles. The van der Waals surface area contributed by atoms with Crippen LogP contribution in [0.25, 0.3) is 0 Å². The maximum atomic E-state index is 13.0. The minimum atomic E-state index is -0.0949. The summed E-state index contributed by atoms with van der Waals surface area (Å²) >= 11 is 0. The van der Waals surface area contributed by atoms with Crippen LogP contribution in [0.15, 0.2) is 24.5 Å². The van der Waals surface area contributed by atoms with Crippen LogP contribution in [-0.4, -0.2) is 44.9 Å². The fourth-order valence-corrected chi connectivity index (χ4v) is 4.17. The van der Waals surface area contributed by atoms with E-state index in [1.165, 1.54) is 16.7 Å². The van der Waals surface area contributed by atoms with Gasteiger partial charge in [-0.3, -0.25) is 9.69 Å². The molecule has 1 unspecified atom stereocenters. The Labute approximate surface area is 149 Å². The van der Waals surface area contributed by atoms with Crippen molar-refractivity contribution in [2.24, 2.45) is 7.05 Å². The third-order valence-electron chi connectivity index (χ3n) is 5.36. The van der Waals surface area contributed by atoms with Crippen LogP contribution in [0.2, 0.25) is 0 Å². The molecule has 5 heteroatoms. The molecular weight excluding hydrogens is 312 g/mol. The summed E-state index contributed by atoms with van der Waals surface area (Å²) in [5.41, 5.74) is 6.05. The van der Waals surface area contributed by atoms with E-state index in [4.69, 9.17) is 0 Å². The van der Waals surface area contributed by atoms with Crippen molar-refractivity contribution in [2.75, 3.05) is 19.6 Å². The number of fused-ring (bicyclic) bond motifs is 1. The number of benzene rings is 1. The van der Waals surface area contributed by atoms with E-state index in [1.807, 2.05) is 22.8 Å². The molecule has 4 rings (SSSR count). The predicted molar refractivity (Wildman–Crippen MR) is 97.2 cm³/mol. The standard InChI is InChI=1S/C20H26N4O/c1-14-7-15(2)9-16(8-14)10-23-11-17(20(25)24-5-4-6-24)19-18(12-23)21-13-22(19)3/h7-9,13,17H,4-6,10-12H2,1-3H3. The maximum Gasteiger partial charge on any atom is 0.233 e. The van der Waals surface area contributed by atoms with Gasteiger partial charge in [-0.1, -0.05) is 29.3 Å². The number of hydrogen-bond donors (Lipinski definition) is 0. The first kappa shape index (κ1) is 16.3. The minimum Gasteiger partial charge on any atom is -0.342 e. The second-order valence-corrected chi connectivity index (χ2v) is 7.58. The summed E-state index contributed by atoms with van der Waals surface area (Å²) < 4.78 is 2.03. The molecule has 0 spiro atoms. The van der Waals surface area contributed by atoms with Gasteiger partial charge in [0.2, 0.25) is 5.91 Å². The Kier molecular flexibility index (Phi) is 4.12. The summed E-state index contributed by atoms with van der Waals surface area (Å²) in [7, 11) is 2.00. The second kappa shape index (κ2) is 6.30. The molecule has 5 nitrogen and oxygen atoms in total. The zero-order valence-corrected chi connectivity index (χ0v) is 15.3. The molecule has 1 fully saturated rings. The number of aromatic nitrogens is 2. The number of nitrogens with zero attached hydrogens (tertiary/aromatic N) is 4. The van der Waals surface area contributed by atoms with Gasteiger partial charge >= 0.3 is 0 Å². The zero-order chi connectivity index (χ0) is 17.6. The normalized spacial score (nSPS) is 20.3. The number of imidazole rings is 1. The quantitative estimate of drug-likeness (QED) is 0.863. The summed E-state index contributed by atoms with van der Waals surface area (Å²) in [6.07, 6.45) is 2.98. The molecule has 25 heavy (non-hydrogen) atoms. The van der Waals surface area contributed by atoms with E-state index in [0.717, 1.165) is 50.5 Å². The number of carbonyl (C=O) groups excluding carboxylic acids is 1. The fourth-order valence-electron chi connectivity index (χ4n) is 4.17. The van der Waals surface area contributed by atoms with Gasteiger partial charge in [0.15, 0.2) is 0 Å². The molecular formula is C20H26N4O. The highest BCUT2D eigenvalue weighted by Crippen LogP contribution is 2.31. The highest BCUT2D eigenvalue weighted by atomic mass is 16.2. The molecule has 0 radical (unpaired) electrons. The Morgan fingerprint density at radius 1 is 1.20 bits per heavy atom. The van der Waals surface area contributed by atoms with Crippen LogP contribution >= 0.6 is 0 Å². The Balaban J connectivity index is 1.59. The highest BCUT2D eigenvalue weighted by Gasteiger charge is 2.37. The Morgan fingerprint density at radius 3 is 2.56 bits per heavy atom. The molecule has 2 aliphatic rings. The van der Waals surface area contributed by atoms with Crippen molar-refractivity contribution in [1.82, 2.24) is 19.4 Å². The molecule has 0 N–H and O–H groups in total. The number of hydrogen-bond acceptors (Lipinski definition) is 3. The largest absolute Gasteiger partial charge is 0.342 e. The molecule has 0 aliphatic carbocycles. The molecule has 1 aromatic heterocycles. The lowest BCUT2D eigenvalue weighted by molar-refractivity contribution is -0.137. The van der Waals surface area contributed by atoms with Gasteiger partial charge in [0, 0.05) is 39.8 Å². The average molecular weight is 338 g/mol. The number of aryl methyl sites for hydroxylation is 3. The SMILES string of the molecule is Cc1cc(C)cc(CN2Cc3ncn(C)c3C(C(=O)N3CCC3)C2)c1. The average Bonchev–Trinajstić information content (AvgIpc) is 2.85. The number of likely N-dealkylation sites (tertiary alicyclic amines) is 1. The van der Waals surface area contributed by atoms with Crippen LogP contribution in [0.3, 0.4) is 0 Å². The third kappa shape index (κ3) is 3.09. The van der Waals surface area contributed by atoms with Crippen molar-refractivity contribution >= 4 is 5.91 Å². The zero-order valence-electron chi connectivity index (χ0n) is 15.3. The fraction of sp³-hybridized carbons (Fsp3) is 0.500. The Bertz CT molecular complexity index is 786. The lowest BCUT2D eigenvalue weighted by Crippen LogP contribution is -2.48. The van der Waals surface area contributed by atoms with E-state index in [0.29, 0.717) is 0 Å². The Morgan fingerprint density at radius 2 is 1.92 bits per heavy atom. The van der Waals surface area contributed by atoms with Crippen molar-refractivity contribution in [3.8, 4) is 0 Å². The van der Waals surface area contributed by atoms with Crippen LogP contribution in [0.4, 0.5) is 0 Å². The predicted octanol–water partition coefficient (Wildman–Crippen LogP) is 2.37. The minimum absolute atomic E-state index is 0.0949. The number of amides is 1. The highest BCUT2D eigenvalue weighted by molar-refractivity contribution is 5.84. The van der Waals surface area contributed by atoms with Crippen LogP contribution in [0.5, 0.6) is 0 Å². The Hall–Kier alpha value is -2.14. The molecule has 1 amide bonds. The molecule has 0 bridgehead atoms. The van der Waals surface area contributed by atoms with Gasteiger partial charge in [-0.15, -0.1) is 0 Å². The smallest absolute Gasteiger partial charge is 0.233 e. The van der Waals surface area contributed by atoms with Crippen LogP contribution in [0.1, 0.15) is 40.4 Å². The van der Waals surface area contributed by atoms with Gasteiger partial charge in [0.25, 0.3) is 0 Å². The van der Waals surface area contributed by atoms with Gasteiger partial charge in [-0.2, -0.15) is 0 Å². The molecule has 1 aromatic carbocycles. The first-order valence-corrected chi connectivity index (χ1v) is 9.09. The van der Waals surface area contributed by atoms with E-state index >= 15 is 0 Å². The maximum absolute atomic E-state index is 13.0.